The van der Waals surface area contributed by atoms with Crippen molar-refractivity contribution in [1.29, 1.82) is 0 Å². The van der Waals surface area contributed by atoms with Crippen molar-refractivity contribution in [2.75, 3.05) is 6.61 Å². The molecule has 0 N–H and O–H groups in total. The van der Waals surface area contributed by atoms with E-state index in [0.717, 1.165) is 5.56 Å². The maximum Gasteiger partial charge on any atom is 0.508 e. The first-order chi connectivity index (χ1) is 8.62. The maximum atomic E-state index is 12.4. The van der Waals surface area contributed by atoms with Crippen LogP contribution in [0.5, 0.6) is 5.75 Å². The first-order valence-corrected chi connectivity index (χ1v) is 6.31. The van der Waals surface area contributed by atoms with E-state index < -0.39 is 19.1 Å². The van der Waals surface area contributed by atoms with E-state index in [2.05, 4.69) is 6.58 Å². The van der Waals surface area contributed by atoms with E-state index in [1.54, 1.807) is 19.1 Å². The number of ether oxygens (including phenoxy) is 1. The lowest BCUT2D eigenvalue weighted by Gasteiger charge is -2.20. The van der Waals surface area contributed by atoms with Gasteiger partial charge in [-0.05, 0) is 36.1 Å². The summed E-state index contributed by atoms with van der Waals surface area (Å²) >= 11 is 6.08. The third-order valence-corrected chi connectivity index (χ3v) is 3.12. The van der Waals surface area contributed by atoms with Gasteiger partial charge in [-0.2, -0.15) is 0 Å². The van der Waals surface area contributed by atoms with Crippen LogP contribution in [0.4, 0.5) is 12.9 Å². The molecule has 6 heteroatoms. The second kappa shape index (κ2) is 5.91. The SMILES string of the molecule is C=C(COc1cc(C(C)C)c(Cl)cc1C)[B-](F)(F)F. The third-order valence-electron chi connectivity index (χ3n) is 2.79. The van der Waals surface area contributed by atoms with Crippen LogP contribution in [0.1, 0.15) is 30.9 Å². The standard InChI is InChI=1S/C13H16BClF3O/c1-8(2)11-6-13(9(3)5-12(11)15)19-7-10(4)14(16,17)18/h5-6,8H,4,7H2,1-3H3/q-1. The molecular formula is C13H16BClF3O-. The Morgan fingerprint density at radius 2 is 1.95 bits per heavy atom. The van der Waals surface area contributed by atoms with Crippen molar-refractivity contribution in [1.82, 2.24) is 0 Å². The molecule has 0 heterocycles. The minimum absolute atomic E-state index is 0.172. The van der Waals surface area contributed by atoms with Gasteiger partial charge in [0.2, 0.25) is 0 Å². The number of benzene rings is 1. The lowest BCUT2D eigenvalue weighted by molar-refractivity contribution is 0.344. The van der Waals surface area contributed by atoms with Gasteiger partial charge in [0.15, 0.2) is 0 Å². The third kappa shape index (κ3) is 4.20. The Hall–Kier alpha value is -1.10. The molecule has 0 aliphatic carbocycles. The predicted molar refractivity (Wildman–Crippen MR) is 74.0 cm³/mol. The van der Waals surface area contributed by atoms with Crippen LogP contribution in [-0.4, -0.2) is 13.6 Å². The zero-order valence-electron chi connectivity index (χ0n) is 11.1. The smallest absolute Gasteiger partial charge is 0.492 e. The quantitative estimate of drug-likeness (QED) is 0.686. The summed E-state index contributed by atoms with van der Waals surface area (Å²) in [6.07, 6.45) is 0. The molecule has 0 radical (unpaired) electrons. The number of aryl methyl sites for hydroxylation is 1. The second-order valence-electron chi connectivity index (χ2n) is 4.82. The highest BCUT2D eigenvalue weighted by molar-refractivity contribution is 6.66. The second-order valence-corrected chi connectivity index (χ2v) is 5.22. The lowest BCUT2D eigenvalue weighted by Crippen LogP contribution is -2.23. The van der Waals surface area contributed by atoms with Gasteiger partial charge in [-0.3, -0.25) is 0 Å². The summed E-state index contributed by atoms with van der Waals surface area (Å²) < 4.78 is 42.4. The van der Waals surface area contributed by atoms with Crippen molar-refractivity contribution in [2.45, 2.75) is 26.7 Å². The molecule has 0 amide bonds. The van der Waals surface area contributed by atoms with Crippen molar-refractivity contribution in [3.63, 3.8) is 0 Å². The molecule has 0 atom stereocenters. The molecule has 1 aromatic rings. The average Bonchev–Trinajstić information content (AvgIpc) is 2.25. The van der Waals surface area contributed by atoms with E-state index in [9.17, 15) is 12.9 Å². The van der Waals surface area contributed by atoms with Crippen LogP contribution in [-0.2, 0) is 0 Å². The predicted octanol–water partition coefficient (Wildman–Crippen LogP) is 5.09. The fraction of sp³-hybridized carbons (Fsp3) is 0.385. The molecule has 0 spiro atoms. The highest BCUT2D eigenvalue weighted by atomic mass is 35.5. The molecule has 0 fully saturated rings. The Bertz CT molecular complexity index is 484. The molecule has 0 aliphatic rings. The van der Waals surface area contributed by atoms with E-state index in [1.165, 1.54) is 0 Å². The Morgan fingerprint density at radius 3 is 2.42 bits per heavy atom. The van der Waals surface area contributed by atoms with Gasteiger partial charge in [-0.25, -0.2) is 0 Å². The molecule has 106 valence electrons. The zero-order chi connectivity index (χ0) is 14.8. The molecular weight excluding hydrogens is 275 g/mol. The van der Waals surface area contributed by atoms with Crippen molar-refractivity contribution < 1.29 is 17.7 Å². The first-order valence-electron chi connectivity index (χ1n) is 5.93. The summed E-state index contributed by atoms with van der Waals surface area (Å²) in [4.78, 5) is 0. The van der Waals surface area contributed by atoms with Crippen molar-refractivity contribution in [3.05, 3.63) is 40.3 Å². The Kier molecular flexibility index (Phi) is 4.96. The normalized spacial score (nSPS) is 11.8. The number of halogens is 4. The van der Waals surface area contributed by atoms with E-state index >= 15 is 0 Å². The van der Waals surface area contributed by atoms with Crippen molar-refractivity contribution in [2.24, 2.45) is 0 Å². The molecule has 0 aliphatic heterocycles. The lowest BCUT2D eigenvalue weighted by atomic mass is 9.81. The summed E-state index contributed by atoms with van der Waals surface area (Å²) in [7, 11) is 0. The van der Waals surface area contributed by atoms with E-state index in [0.29, 0.717) is 16.3 Å². The molecule has 0 saturated carbocycles. The number of hydrogen-bond donors (Lipinski definition) is 0. The van der Waals surface area contributed by atoms with Gasteiger partial charge in [0, 0.05) is 5.02 Å². The molecule has 0 aromatic heterocycles. The topological polar surface area (TPSA) is 9.23 Å². The van der Waals surface area contributed by atoms with E-state index in [-0.39, 0.29) is 5.92 Å². The summed E-state index contributed by atoms with van der Waals surface area (Å²) in [5, 5.41) is 0.596. The largest absolute Gasteiger partial charge is 0.508 e. The molecule has 0 bridgehead atoms. The fourth-order valence-electron chi connectivity index (χ4n) is 1.53. The van der Waals surface area contributed by atoms with Crippen molar-refractivity contribution in [3.8, 4) is 5.75 Å². The molecule has 1 aromatic carbocycles. The van der Waals surface area contributed by atoms with Gasteiger partial charge in [0.1, 0.15) is 5.75 Å². The van der Waals surface area contributed by atoms with Crippen molar-refractivity contribution >= 4 is 18.6 Å². The number of hydrogen-bond acceptors (Lipinski definition) is 1. The first kappa shape index (κ1) is 16.0. The van der Waals surface area contributed by atoms with Gasteiger partial charge in [-0.15, -0.1) is 12.1 Å². The minimum Gasteiger partial charge on any atom is -0.492 e. The monoisotopic (exact) mass is 291 g/mol. The van der Waals surface area contributed by atoms with Gasteiger partial charge < -0.3 is 17.7 Å². The van der Waals surface area contributed by atoms with Crippen LogP contribution >= 0.6 is 11.6 Å². The van der Waals surface area contributed by atoms with Gasteiger partial charge >= 0.3 is 6.98 Å². The summed E-state index contributed by atoms with van der Waals surface area (Å²) in [6.45, 7) is 3.04. The summed E-state index contributed by atoms with van der Waals surface area (Å²) in [5.41, 5.74) is 0.711. The number of rotatable bonds is 5. The Morgan fingerprint density at radius 1 is 1.37 bits per heavy atom. The van der Waals surface area contributed by atoms with Gasteiger partial charge in [-0.1, -0.05) is 25.4 Å². The zero-order valence-corrected chi connectivity index (χ0v) is 11.9. The molecule has 1 rings (SSSR count). The van der Waals surface area contributed by atoms with Gasteiger partial charge in [0.25, 0.3) is 0 Å². The maximum absolute atomic E-state index is 12.4. The summed E-state index contributed by atoms with van der Waals surface area (Å²) in [5.74, 6) is 0.583. The minimum atomic E-state index is -5.06. The van der Waals surface area contributed by atoms with Crippen LogP contribution in [0.15, 0.2) is 24.2 Å². The van der Waals surface area contributed by atoms with Crippen LogP contribution in [0.3, 0.4) is 0 Å². The summed E-state index contributed by atoms with van der Waals surface area (Å²) in [6, 6.07) is 3.40. The van der Waals surface area contributed by atoms with E-state index in [4.69, 9.17) is 16.3 Å². The molecule has 0 unspecified atom stereocenters. The van der Waals surface area contributed by atoms with Crippen LogP contribution < -0.4 is 4.74 Å². The Balaban J connectivity index is 2.90. The Labute approximate surface area is 116 Å². The van der Waals surface area contributed by atoms with Crippen LogP contribution in [0, 0.1) is 6.92 Å². The highest BCUT2D eigenvalue weighted by Crippen LogP contribution is 2.32. The van der Waals surface area contributed by atoms with E-state index in [1.807, 2.05) is 13.8 Å². The van der Waals surface area contributed by atoms with Crippen LogP contribution in [0.2, 0.25) is 5.02 Å². The molecule has 0 saturated heterocycles. The van der Waals surface area contributed by atoms with Crippen LogP contribution in [0.25, 0.3) is 0 Å². The molecule has 19 heavy (non-hydrogen) atoms. The highest BCUT2D eigenvalue weighted by Gasteiger charge is 2.27. The average molecular weight is 292 g/mol. The van der Waals surface area contributed by atoms with Gasteiger partial charge in [0.05, 0.1) is 6.61 Å². The fourth-order valence-corrected chi connectivity index (χ4v) is 1.97. The molecule has 1 nitrogen and oxygen atoms in total.